The second-order valence-corrected chi connectivity index (χ2v) is 10.2. The summed E-state index contributed by atoms with van der Waals surface area (Å²) < 4.78 is 26.8. The van der Waals surface area contributed by atoms with Crippen molar-refractivity contribution in [2.45, 2.75) is 37.3 Å². The average Bonchev–Trinajstić information content (AvgIpc) is 3.32. The fourth-order valence-corrected chi connectivity index (χ4v) is 5.28. The van der Waals surface area contributed by atoms with E-state index in [1.807, 2.05) is 13.8 Å². The third-order valence-corrected chi connectivity index (χ3v) is 7.15. The topological polar surface area (TPSA) is 82.5 Å². The fraction of sp³-hybridized carbons (Fsp3) is 0.222. The molecule has 0 spiro atoms. The maximum atomic E-state index is 14.4. The van der Waals surface area contributed by atoms with E-state index in [0.717, 1.165) is 5.56 Å². The Morgan fingerprint density at radius 1 is 1.16 bits per heavy atom. The largest absolute Gasteiger partial charge is 0.454 e. The van der Waals surface area contributed by atoms with Crippen LogP contribution in [0.1, 0.15) is 35.3 Å². The molecule has 7 nitrogen and oxygen atoms in total. The van der Waals surface area contributed by atoms with Gasteiger partial charge in [-0.3, -0.25) is 14.2 Å². The Kier molecular flexibility index (Phi) is 7.08. The molecule has 37 heavy (non-hydrogen) atoms. The highest BCUT2D eigenvalue weighted by atomic mass is 35.5. The molecule has 0 saturated carbocycles. The van der Waals surface area contributed by atoms with E-state index in [9.17, 15) is 14.0 Å². The standard InChI is InChI=1S/C27H23ClFN3O4S/c1-15(2)30-25(33)17-8-6-16(7-9-17)12-32-26(34)18-10-23-24(36-14-35-23)11-22(18)31-27(32)37-13-19-20(28)4-3-5-21(19)29/h3-11,15H,12-14H2,1-2H3,(H,30,33). The predicted octanol–water partition coefficient (Wildman–Crippen LogP) is 5.40. The molecule has 0 aliphatic carbocycles. The summed E-state index contributed by atoms with van der Waals surface area (Å²) in [5.74, 6) is 0.591. The Balaban J connectivity index is 1.52. The second kappa shape index (κ2) is 10.4. The Morgan fingerprint density at radius 2 is 1.89 bits per heavy atom. The molecule has 0 fully saturated rings. The Morgan fingerprint density at radius 3 is 2.59 bits per heavy atom. The number of thioether (sulfide) groups is 1. The lowest BCUT2D eigenvalue weighted by molar-refractivity contribution is 0.0943. The van der Waals surface area contributed by atoms with Gasteiger partial charge in [-0.05, 0) is 49.7 Å². The molecule has 1 amide bonds. The molecule has 0 bridgehead atoms. The zero-order chi connectivity index (χ0) is 26.1. The van der Waals surface area contributed by atoms with Gasteiger partial charge in [-0.1, -0.05) is 41.6 Å². The highest BCUT2D eigenvalue weighted by molar-refractivity contribution is 7.98. The normalized spacial score (nSPS) is 12.4. The first-order valence-electron chi connectivity index (χ1n) is 11.6. The van der Waals surface area contributed by atoms with E-state index in [0.29, 0.717) is 43.7 Å². The van der Waals surface area contributed by atoms with Gasteiger partial charge in [0, 0.05) is 34.0 Å². The molecule has 1 aliphatic heterocycles. The molecule has 5 rings (SSSR count). The van der Waals surface area contributed by atoms with Gasteiger partial charge >= 0.3 is 0 Å². The smallest absolute Gasteiger partial charge is 0.262 e. The first kappa shape index (κ1) is 25.1. The number of nitrogens with zero attached hydrogens (tertiary/aromatic N) is 2. The zero-order valence-corrected chi connectivity index (χ0v) is 21.7. The van der Waals surface area contributed by atoms with E-state index in [2.05, 4.69) is 5.32 Å². The summed E-state index contributed by atoms with van der Waals surface area (Å²) in [6.07, 6.45) is 0. The van der Waals surface area contributed by atoms with Crippen LogP contribution in [-0.2, 0) is 12.3 Å². The number of carbonyl (C=O) groups is 1. The van der Waals surface area contributed by atoms with Crippen LogP contribution in [0.15, 0.2) is 64.5 Å². The van der Waals surface area contributed by atoms with Crippen LogP contribution >= 0.6 is 23.4 Å². The highest BCUT2D eigenvalue weighted by Crippen LogP contribution is 2.35. The second-order valence-electron chi connectivity index (χ2n) is 8.82. The zero-order valence-electron chi connectivity index (χ0n) is 20.1. The number of rotatable bonds is 7. The van der Waals surface area contributed by atoms with Crippen molar-refractivity contribution in [1.29, 1.82) is 0 Å². The van der Waals surface area contributed by atoms with E-state index in [1.165, 1.54) is 22.4 Å². The Hall–Kier alpha value is -3.56. The Bertz CT molecular complexity index is 1540. The van der Waals surface area contributed by atoms with Gasteiger partial charge < -0.3 is 14.8 Å². The Labute approximate surface area is 221 Å². The van der Waals surface area contributed by atoms with Gasteiger partial charge in [0.15, 0.2) is 16.7 Å². The van der Waals surface area contributed by atoms with Crippen LogP contribution in [0, 0.1) is 5.82 Å². The van der Waals surface area contributed by atoms with E-state index < -0.39 is 5.82 Å². The third-order valence-electron chi connectivity index (χ3n) is 5.80. The minimum Gasteiger partial charge on any atom is -0.454 e. The number of hydrogen-bond acceptors (Lipinski definition) is 6. The molecular weight excluding hydrogens is 517 g/mol. The van der Waals surface area contributed by atoms with Gasteiger partial charge in [-0.15, -0.1) is 0 Å². The quantitative estimate of drug-likeness (QED) is 0.250. The SMILES string of the molecule is CC(C)NC(=O)c1ccc(Cn2c(SCc3c(F)cccc3Cl)nc3cc4c(cc3c2=O)OCO4)cc1. The van der Waals surface area contributed by atoms with Gasteiger partial charge in [-0.25, -0.2) is 9.37 Å². The van der Waals surface area contributed by atoms with E-state index in [4.69, 9.17) is 26.1 Å². The van der Waals surface area contributed by atoms with Crippen LogP contribution in [0.4, 0.5) is 4.39 Å². The van der Waals surface area contributed by atoms with Crippen molar-refractivity contribution in [3.63, 3.8) is 0 Å². The summed E-state index contributed by atoms with van der Waals surface area (Å²) in [6.45, 7) is 4.07. The number of nitrogens with one attached hydrogen (secondary N) is 1. The molecule has 10 heteroatoms. The molecule has 4 aromatic rings. The minimum atomic E-state index is -0.423. The summed E-state index contributed by atoms with van der Waals surface area (Å²) in [6, 6.07) is 14.9. The third kappa shape index (κ3) is 5.28. The van der Waals surface area contributed by atoms with E-state index in [-0.39, 0.29) is 36.6 Å². The average molecular weight is 540 g/mol. The van der Waals surface area contributed by atoms with Gasteiger partial charge in [0.05, 0.1) is 17.4 Å². The number of fused-ring (bicyclic) bond motifs is 2. The van der Waals surface area contributed by atoms with Crippen molar-refractivity contribution in [3.8, 4) is 11.5 Å². The van der Waals surface area contributed by atoms with Crippen LogP contribution in [0.3, 0.4) is 0 Å². The fourth-order valence-electron chi connectivity index (χ4n) is 3.94. The van der Waals surface area contributed by atoms with Crippen molar-refractivity contribution in [2.24, 2.45) is 0 Å². The van der Waals surface area contributed by atoms with Crippen molar-refractivity contribution in [3.05, 3.63) is 92.5 Å². The summed E-state index contributed by atoms with van der Waals surface area (Å²) in [5, 5.41) is 3.94. The number of benzene rings is 3. The first-order chi connectivity index (χ1) is 17.8. The molecule has 0 unspecified atom stereocenters. The summed E-state index contributed by atoms with van der Waals surface area (Å²) >= 11 is 7.44. The maximum absolute atomic E-state index is 14.4. The van der Waals surface area contributed by atoms with Crippen molar-refractivity contribution < 1.29 is 18.7 Å². The number of carbonyl (C=O) groups excluding carboxylic acids is 1. The van der Waals surface area contributed by atoms with Gasteiger partial charge in [0.25, 0.3) is 11.5 Å². The molecule has 0 radical (unpaired) electrons. The van der Waals surface area contributed by atoms with Crippen molar-refractivity contribution in [2.75, 3.05) is 6.79 Å². The maximum Gasteiger partial charge on any atom is 0.262 e. The molecular formula is C27H23ClFN3O4S. The molecule has 0 saturated heterocycles. The lowest BCUT2D eigenvalue weighted by Crippen LogP contribution is -2.30. The molecule has 1 N–H and O–H groups in total. The molecule has 190 valence electrons. The van der Waals surface area contributed by atoms with E-state index >= 15 is 0 Å². The van der Waals surface area contributed by atoms with Crippen LogP contribution in [0.5, 0.6) is 11.5 Å². The molecule has 1 aliphatic rings. The van der Waals surface area contributed by atoms with Crippen LogP contribution in [0.25, 0.3) is 10.9 Å². The minimum absolute atomic E-state index is 0.0211. The molecule has 2 heterocycles. The van der Waals surface area contributed by atoms with Crippen LogP contribution < -0.4 is 20.3 Å². The summed E-state index contributed by atoms with van der Waals surface area (Å²) in [5.41, 5.74) is 1.84. The number of aromatic nitrogens is 2. The van der Waals surface area contributed by atoms with E-state index in [1.54, 1.807) is 48.5 Å². The molecule has 0 atom stereocenters. The highest BCUT2D eigenvalue weighted by Gasteiger charge is 2.20. The first-order valence-corrected chi connectivity index (χ1v) is 13.0. The number of ether oxygens (including phenoxy) is 2. The van der Waals surface area contributed by atoms with Gasteiger partial charge in [0.2, 0.25) is 6.79 Å². The van der Waals surface area contributed by atoms with Crippen LogP contribution in [-0.4, -0.2) is 28.3 Å². The molecule has 1 aromatic heterocycles. The molecule has 3 aromatic carbocycles. The predicted molar refractivity (Wildman–Crippen MR) is 141 cm³/mol. The summed E-state index contributed by atoms with van der Waals surface area (Å²) in [4.78, 5) is 30.7. The monoisotopic (exact) mass is 539 g/mol. The number of hydrogen-bond donors (Lipinski definition) is 1. The lowest BCUT2D eigenvalue weighted by atomic mass is 10.1. The number of halogens is 2. The van der Waals surface area contributed by atoms with Crippen molar-refractivity contribution >= 4 is 40.2 Å². The number of amides is 1. The van der Waals surface area contributed by atoms with Crippen LogP contribution in [0.2, 0.25) is 5.02 Å². The van der Waals surface area contributed by atoms with Gasteiger partial charge in [-0.2, -0.15) is 0 Å². The summed E-state index contributed by atoms with van der Waals surface area (Å²) in [7, 11) is 0. The lowest BCUT2D eigenvalue weighted by Gasteiger charge is -2.15. The van der Waals surface area contributed by atoms with Gasteiger partial charge in [0.1, 0.15) is 5.82 Å². The van der Waals surface area contributed by atoms with Crippen molar-refractivity contribution in [1.82, 2.24) is 14.9 Å².